The number of rotatable bonds is 4. The molecule has 1 aliphatic rings. The highest BCUT2D eigenvalue weighted by Gasteiger charge is 2.32. The van der Waals surface area contributed by atoms with Gasteiger partial charge in [0.25, 0.3) is 5.91 Å². The molecule has 0 radical (unpaired) electrons. The van der Waals surface area contributed by atoms with Crippen LogP contribution in [0.5, 0.6) is 0 Å². The molecule has 0 aliphatic carbocycles. The van der Waals surface area contributed by atoms with E-state index < -0.39 is 17.6 Å². The van der Waals surface area contributed by atoms with E-state index in [2.05, 4.69) is 9.97 Å². The van der Waals surface area contributed by atoms with Crippen LogP contribution in [-0.2, 0) is 12.6 Å². The van der Waals surface area contributed by atoms with Crippen LogP contribution < -0.4 is 4.90 Å². The van der Waals surface area contributed by atoms with Crippen molar-refractivity contribution in [1.29, 1.82) is 0 Å². The second-order valence-electron chi connectivity index (χ2n) is 8.32. The van der Waals surface area contributed by atoms with E-state index >= 15 is 0 Å². The number of aromatic nitrogens is 2. The molecule has 1 aromatic heterocycles. The van der Waals surface area contributed by atoms with Gasteiger partial charge in [-0.1, -0.05) is 18.2 Å². The number of benzene rings is 2. The fraction of sp³-hybridized carbons (Fsp3) is 0.320. The van der Waals surface area contributed by atoms with Gasteiger partial charge in [0.05, 0.1) is 5.56 Å². The van der Waals surface area contributed by atoms with Crippen LogP contribution in [0.2, 0.25) is 0 Å². The Morgan fingerprint density at radius 1 is 0.971 bits per heavy atom. The lowest BCUT2D eigenvalue weighted by molar-refractivity contribution is -0.137. The summed E-state index contributed by atoms with van der Waals surface area (Å²) in [5.74, 6) is 0.602. The van der Waals surface area contributed by atoms with Gasteiger partial charge in [0.1, 0.15) is 17.5 Å². The lowest BCUT2D eigenvalue weighted by Gasteiger charge is -2.36. The summed E-state index contributed by atoms with van der Waals surface area (Å²) in [6.45, 7) is 5.32. The van der Waals surface area contributed by atoms with Crippen molar-refractivity contribution in [3.8, 4) is 0 Å². The number of halogens is 4. The van der Waals surface area contributed by atoms with E-state index in [0.717, 1.165) is 34.8 Å². The van der Waals surface area contributed by atoms with Gasteiger partial charge in [0.15, 0.2) is 0 Å². The maximum Gasteiger partial charge on any atom is 0.416 e. The van der Waals surface area contributed by atoms with E-state index in [1.54, 1.807) is 17.9 Å². The standard InChI is InChI=1S/C25H24F4N4O/c1-16-22(14-18-5-3-8-21(26)13-18)23(31-17(2)30-16)32-9-11-33(12-10-32)24(34)19-6-4-7-20(15-19)25(27,28)29/h3-8,13,15H,9-12,14H2,1-2H3. The van der Waals surface area contributed by atoms with E-state index in [9.17, 15) is 22.4 Å². The summed E-state index contributed by atoms with van der Waals surface area (Å²) < 4.78 is 52.8. The lowest BCUT2D eigenvalue weighted by atomic mass is 10.0. The summed E-state index contributed by atoms with van der Waals surface area (Å²) in [6, 6.07) is 10.9. The van der Waals surface area contributed by atoms with Crippen LogP contribution in [0.1, 0.15) is 38.6 Å². The highest BCUT2D eigenvalue weighted by Crippen LogP contribution is 2.30. The zero-order valence-corrected chi connectivity index (χ0v) is 18.9. The molecule has 2 aromatic carbocycles. The van der Waals surface area contributed by atoms with Crippen molar-refractivity contribution in [3.63, 3.8) is 0 Å². The van der Waals surface area contributed by atoms with Gasteiger partial charge in [-0.15, -0.1) is 0 Å². The summed E-state index contributed by atoms with van der Waals surface area (Å²) in [5, 5.41) is 0. The largest absolute Gasteiger partial charge is 0.416 e. The minimum Gasteiger partial charge on any atom is -0.353 e. The molecule has 2 heterocycles. The fourth-order valence-electron chi connectivity index (χ4n) is 4.17. The molecular weight excluding hydrogens is 448 g/mol. The molecule has 1 saturated heterocycles. The van der Waals surface area contributed by atoms with Crippen LogP contribution >= 0.6 is 0 Å². The molecule has 1 amide bonds. The molecule has 178 valence electrons. The van der Waals surface area contributed by atoms with Crippen molar-refractivity contribution in [2.24, 2.45) is 0 Å². The molecule has 1 aliphatic heterocycles. The number of piperazine rings is 1. The summed E-state index contributed by atoms with van der Waals surface area (Å²) in [4.78, 5) is 25.6. The van der Waals surface area contributed by atoms with E-state index in [0.29, 0.717) is 38.4 Å². The third kappa shape index (κ3) is 5.18. The first-order valence-electron chi connectivity index (χ1n) is 10.9. The number of hydrogen-bond acceptors (Lipinski definition) is 4. The van der Waals surface area contributed by atoms with Crippen LogP contribution in [0.3, 0.4) is 0 Å². The number of anilines is 1. The fourth-order valence-corrected chi connectivity index (χ4v) is 4.17. The van der Waals surface area contributed by atoms with E-state index in [-0.39, 0.29) is 11.4 Å². The molecule has 0 saturated carbocycles. The van der Waals surface area contributed by atoms with Crippen LogP contribution in [-0.4, -0.2) is 47.0 Å². The molecule has 34 heavy (non-hydrogen) atoms. The Balaban J connectivity index is 1.52. The molecule has 1 fully saturated rings. The predicted octanol–water partition coefficient (Wildman–Crippen LogP) is 4.80. The molecule has 9 heteroatoms. The first-order valence-corrected chi connectivity index (χ1v) is 10.9. The molecule has 0 bridgehead atoms. The number of alkyl halides is 3. The highest BCUT2D eigenvalue weighted by molar-refractivity contribution is 5.94. The SMILES string of the molecule is Cc1nc(C)c(Cc2cccc(F)c2)c(N2CCN(C(=O)c3cccc(C(F)(F)F)c3)CC2)n1. The van der Waals surface area contributed by atoms with E-state index in [1.165, 1.54) is 24.3 Å². The first-order chi connectivity index (χ1) is 16.1. The molecule has 0 atom stereocenters. The number of hydrogen-bond donors (Lipinski definition) is 0. The first kappa shape index (κ1) is 23.7. The summed E-state index contributed by atoms with van der Waals surface area (Å²) in [5.41, 5.74) is 1.66. The monoisotopic (exact) mass is 472 g/mol. The van der Waals surface area contributed by atoms with Gasteiger partial charge in [0.2, 0.25) is 0 Å². The summed E-state index contributed by atoms with van der Waals surface area (Å²) in [6.07, 6.45) is -4.04. The topological polar surface area (TPSA) is 49.3 Å². The van der Waals surface area contributed by atoms with Gasteiger partial charge in [0, 0.05) is 49.4 Å². The smallest absolute Gasteiger partial charge is 0.353 e. The van der Waals surface area contributed by atoms with Gasteiger partial charge in [-0.05, 0) is 49.7 Å². The highest BCUT2D eigenvalue weighted by atomic mass is 19.4. The van der Waals surface area contributed by atoms with Gasteiger partial charge in [-0.25, -0.2) is 14.4 Å². The molecule has 4 rings (SSSR count). The Morgan fingerprint density at radius 3 is 2.35 bits per heavy atom. The van der Waals surface area contributed by atoms with E-state index in [4.69, 9.17) is 0 Å². The Morgan fingerprint density at radius 2 is 1.68 bits per heavy atom. The number of carbonyl (C=O) groups excluding carboxylic acids is 1. The third-order valence-corrected chi connectivity index (χ3v) is 5.88. The molecule has 0 unspecified atom stereocenters. The summed E-state index contributed by atoms with van der Waals surface area (Å²) in [7, 11) is 0. The van der Waals surface area contributed by atoms with Gasteiger partial charge >= 0.3 is 6.18 Å². The van der Waals surface area contributed by atoms with Crippen LogP contribution in [0.4, 0.5) is 23.4 Å². The minimum atomic E-state index is -4.50. The Kier molecular flexibility index (Phi) is 6.54. The van der Waals surface area contributed by atoms with Crippen molar-refractivity contribution in [2.45, 2.75) is 26.4 Å². The van der Waals surface area contributed by atoms with Crippen LogP contribution in [0.15, 0.2) is 48.5 Å². The second kappa shape index (κ2) is 9.40. The Labute approximate surface area is 195 Å². The van der Waals surface area contributed by atoms with Crippen molar-refractivity contribution in [3.05, 3.63) is 88.1 Å². The van der Waals surface area contributed by atoms with Gasteiger partial charge in [-0.2, -0.15) is 13.2 Å². The van der Waals surface area contributed by atoms with Gasteiger partial charge < -0.3 is 9.80 Å². The number of amides is 1. The normalized spacial score (nSPS) is 14.4. The quantitative estimate of drug-likeness (QED) is 0.512. The minimum absolute atomic E-state index is 0.0174. The molecule has 5 nitrogen and oxygen atoms in total. The Bertz CT molecular complexity index is 1200. The van der Waals surface area contributed by atoms with E-state index in [1.807, 2.05) is 17.9 Å². The molecule has 0 spiro atoms. The van der Waals surface area contributed by atoms with Crippen molar-refractivity contribution in [2.75, 3.05) is 31.1 Å². The zero-order chi connectivity index (χ0) is 24.5. The summed E-state index contributed by atoms with van der Waals surface area (Å²) >= 11 is 0. The van der Waals surface area contributed by atoms with Gasteiger partial charge in [-0.3, -0.25) is 4.79 Å². The number of aryl methyl sites for hydroxylation is 2. The van der Waals surface area contributed by atoms with Crippen LogP contribution in [0.25, 0.3) is 0 Å². The third-order valence-electron chi connectivity index (χ3n) is 5.88. The second-order valence-corrected chi connectivity index (χ2v) is 8.32. The maximum atomic E-state index is 13.7. The lowest BCUT2D eigenvalue weighted by Crippen LogP contribution is -2.49. The number of nitrogens with zero attached hydrogens (tertiary/aromatic N) is 4. The maximum absolute atomic E-state index is 13.7. The zero-order valence-electron chi connectivity index (χ0n) is 18.9. The van der Waals surface area contributed by atoms with Crippen LogP contribution in [0, 0.1) is 19.7 Å². The average molecular weight is 472 g/mol. The molecule has 3 aromatic rings. The Hall–Kier alpha value is -3.49. The predicted molar refractivity (Wildman–Crippen MR) is 120 cm³/mol. The number of carbonyl (C=O) groups is 1. The van der Waals surface area contributed by atoms with Crippen molar-refractivity contribution in [1.82, 2.24) is 14.9 Å². The molecular formula is C25H24F4N4O. The molecule has 0 N–H and O–H groups in total. The van der Waals surface area contributed by atoms with Crippen molar-refractivity contribution >= 4 is 11.7 Å². The average Bonchev–Trinajstić information content (AvgIpc) is 2.80. The van der Waals surface area contributed by atoms with Crippen molar-refractivity contribution < 1.29 is 22.4 Å².